The molecule has 3 heterocycles. The normalized spacial score (nSPS) is 10.7. The van der Waals surface area contributed by atoms with Crippen LogP contribution in [-0.4, -0.2) is 30.7 Å². The Morgan fingerprint density at radius 2 is 2.16 bits per heavy atom. The molecule has 19 heavy (non-hydrogen) atoms. The van der Waals surface area contributed by atoms with Gasteiger partial charge in [-0.05, 0) is 12.1 Å². The number of H-pyrrole nitrogens is 1. The third-order valence-electron chi connectivity index (χ3n) is 2.61. The van der Waals surface area contributed by atoms with E-state index in [0.29, 0.717) is 11.4 Å². The highest BCUT2D eigenvalue weighted by Crippen LogP contribution is 2.15. The fraction of sp³-hybridized carbons (Fsp3) is 0. The summed E-state index contributed by atoms with van der Waals surface area (Å²) in [7, 11) is 0. The maximum absolute atomic E-state index is 11.8. The molecule has 94 valence electrons. The predicted molar refractivity (Wildman–Crippen MR) is 66.0 cm³/mol. The van der Waals surface area contributed by atoms with Gasteiger partial charge in [0.15, 0.2) is 11.3 Å². The van der Waals surface area contributed by atoms with Crippen LogP contribution in [0.15, 0.2) is 41.3 Å². The molecule has 2 N–H and O–H groups in total. The molecule has 3 aromatic rings. The second-order valence-electron chi connectivity index (χ2n) is 3.86. The molecular weight excluding hydrogens is 248 g/mol. The van der Waals surface area contributed by atoms with E-state index in [1.165, 1.54) is 4.52 Å². The monoisotopic (exact) mass is 256 g/mol. The van der Waals surface area contributed by atoms with Gasteiger partial charge < -0.3 is 5.11 Å². The first-order chi connectivity index (χ1) is 9.15. The van der Waals surface area contributed by atoms with Crippen molar-refractivity contribution in [2.45, 2.75) is 0 Å². The number of aromatic carboxylic acids is 1. The summed E-state index contributed by atoms with van der Waals surface area (Å²) in [6, 6.07) is 7.91. The summed E-state index contributed by atoms with van der Waals surface area (Å²) < 4.78 is 1.18. The number of pyridine rings is 1. The van der Waals surface area contributed by atoms with Crippen LogP contribution in [0.25, 0.3) is 17.0 Å². The molecule has 0 aromatic carbocycles. The third-order valence-corrected chi connectivity index (χ3v) is 2.61. The number of carbonyl (C=O) groups is 1. The number of fused-ring (bicyclic) bond motifs is 1. The average molecular weight is 256 g/mol. The highest BCUT2D eigenvalue weighted by Gasteiger charge is 2.11. The molecule has 0 amide bonds. The quantitative estimate of drug-likeness (QED) is 0.705. The first kappa shape index (κ1) is 11.1. The van der Waals surface area contributed by atoms with Crippen LogP contribution in [0.2, 0.25) is 0 Å². The summed E-state index contributed by atoms with van der Waals surface area (Å²) in [4.78, 5) is 30.6. The number of hydrogen-bond donors (Lipinski definition) is 2. The van der Waals surface area contributed by atoms with Crippen LogP contribution in [-0.2, 0) is 0 Å². The summed E-state index contributed by atoms with van der Waals surface area (Å²) in [6.45, 7) is 0. The van der Waals surface area contributed by atoms with Crippen molar-refractivity contribution in [1.82, 2.24) is 19.6 Å². The van der Waals surface area contributed by atoms with Crippen molar-refractivity contribution in [1.29, 1.82) is 0 Å². The Bertz CT molecular complexity index is 820. The molecule has 7 heteroatoms. The first-order valence-corrected chi connectivity index (χ1v) is 5.43. The topological polar surface area (TPSA) is 100 Å². The standard InChI is InChI=1S/C12H8N4O3/c17-11-6-9(12(18)19)14-10-5-8(15-16(10)11)7-3-1-2-4-13-7/h1-6,15H,(H,18,19). The number of carboxylic acid groups (broad SMARTS) is 1. The van der Waals surface area contributed by atoms with Crippen LogP contribution >= 0.6 is 0 Å². The highest BCUT2D eigenvalue weighted by molar-refractivity contribution is 5.85. The Morgan fingerprint density at radius 1 is 1.32 bits per heavy atom. The van der Waals surface area contributed by atoms with Gasteiger partial charge in [0.05, 0.1) is 11.4 Å². The summed E-state index contributed by atoms with van der Waals surface area (Å²) in [5.74, 6) is -1.24. The molecule has 7 nitrogen and oxygen atoms in total. The van der Waals surface area contributed by atoms with E-state index in [1.807, 2.05) is 6.07 Å². The third kappa shape index (κ3) is 1.86. The minimum absolute atomic E-state index is 0.241. The zero-order valence-corrected chi connectivity index (χ0v) is 9.57. The molecule has 0 saturated heterocycles. The Kier molecular flexibility index (Phi) is 2.38. The second-order valence-corrected chi connectivity index (χ2v) is 3.86. The molecule has 0 atom stereocenters. The number of rotatable bonds is 2. The van der Waals surface area contributed by atoms with E-state index >= 15 is 0 Å². The van der Waals surface area contributed by atoms with Gasteiger partial charge in [0, 0.05) is 18.3 Å². The van der Waals surface area contributed by atoms with Gasteiger partial charge in [-0.2, -0.15) is 0 Å². The molecule has 0 spiro atoms. The van der Waals surface area contributed by atoms with Crippen molar-refractivity contribution in [2.75, 3.05) is 0 Å². The van der Waals surface area contributed by atoms with Gasteiger partial charge in [-0.3, -0.25) is 14.9 Å². The molecule has 3 rings (SSSR count). The molecule has 3 aromatic heterocycles. The molecule has 0 saturated carbocycles. The van der Waals surface area contributed by atoms with E-state index < -0.39 is 11.5 Å². The number of aromatic amines is 1. The summed E-state index contributed by atoms with van der Waals surface area (Å²) in [6.07, 6.45) is 1.62. The lowest BCUT2D eigenvalue weighted by Crippen LogP contribution is -2.17. The fourth-order valence-electron chi connectivity index (χ4n) is 1.75. The molecule has 0 aliphatic rings. The van der Waals surface area contributed by atoms with Crippen LogP contribution in [0.3, 0.4) is 0 Å². The van der Waals surface area contributed by atoms with Gasteiger partial charge in [0.2, 0.25) is 0 Å². The van der Waals surface area contributed by atoms with Crippen molar-refractivity contribution in [3.63, 3.8) is 0 Å². The number of carboxylic acids is 1. The van der Waals surface area contributed by atoms with E-state index in [1.54, 1.807) is 24.4 Å². The van der Waals surface area contributed by atoms with Crippen LogP contribution in [0, 0.1) is 0 Å². The number of nitrogens with one attached hydrogen (secondary N) is 1. The van der Waals surface area contributed by atoms with Crippen LogP contribution in [0.5, 0.6) is 0 Å². The van der Waals surface area contributed by atoms with Crippen LogP contribution < -0.4 is 5.56 Å². The predicted octanol–water partition coefficient (Wildman–Crippen LogP) is 0.783. The van der Waals surface area contributed by atoms with E-state index in [0.717, 1.165) is 6.07 Å². The van der Waals surface area contributed by atoms with Gasteiger partial charge >= 0.3 is 5.97 Å². The van der Waals surface area contributed by atoms with Crippen molar-refractivity contribution < 1.29 is 9.90 Å². The summed E-state index contributed by atoms with van der Waals surface area (Å²) in [5.41, 5.74) is 0.712. The summed E-state index contributed by atoms with van der Waals surface area (Å²) >= 11 is 0. The Morgan fingerprint density at radius 3 is 2.84 bits per heavy atom. The molecule has 0 bridgehead atoms. The Hall–Kier alpha value is -2.96. The summed E-state index contributed by atoms with van der Waals surface area (Å²) in [5, 5.41) is 11.7. The largest absolute Gasteiger partial charge is 0.477 e. The van der Waals surface area contributed by atoms with E-state index in [9.17, 15) is 9.59 Å². The van der Waals surface area contributed by atoms with Crippen molar-refractivity contribution in [3.05, 3.63) is 52.6 Å². The fourth-order valence-corrected chi connectivity index (χ4v) is 1.75. The van der Waals surface area contributed by atoms with Gasteiger partial charge in [-0.1, -0.05) is 6.07 Å². The van der Waals surface area contributed by atoms with Gasteiger partial charge in [0.25, 0.3) is 5.56 Å². The lowest BCUT2D eigenvalue weighted by Gasteiger charge is -1.95. The molecular formula is C12H8N4O3. The average Bonchev–Trinajstić information content (AvgIpc) is 2.84. The lowest BCUT2D eigenvalue weighted by molar-refractivity contribution is 0.0690. The number of aromatic nitrogens is 4. The van der Waals surface area contributed by atoms with Crippen molar-refractivity contribution in [3.8, 4) is 11.4 Å². The zero-order valence-electron chi connectivity index (χ0n) is 9.57. The SMILES string of the molecule is O=C(O)c1cc(=O)n2[nH]c(-c3ccccn3)cc2n1. The maximum Gasteiger partial charge on any atom is 0.354 e. The van der Waals surface area contributed by atoms with E-state index in [2.05, 4.69) is 15.1 Å². The van der Waals surface area contributed by atoms with E-state index in [-0.39, 0.29) is 11.3 Å². The Labute approximate surface area is 106 Å². The van der Waals surface area contributed by atoms with Gasteiger partial charge in [-0.25, -0.2) is 14.3 Å². The molecule has 0 radical (unpaired) electrons. The van der Waals surface area contributed by atoms with E-state index in [4.69, 9.17) is 5.11 Å². The molecule has 0 fully saturated rings. The number of hydrogen-bond acceptors (Lipinski definition) is 4. The minimum atomic E-state index is -1.24. The molecule has 0 unspecified atom stereocenters. The first-order valence-electron chi connectivity index (χ1n) is 5.43. The minimum Gasteiger partial charge on any atom is -0.477 e. The van der Waals surface area contributed by atoms with Crippen molar-refractivity contribution in [2.24, 2.45) is 0 Å². The second kappa shape index (κ2) is 4.05. The highest BCUT2D eigenvalue weighted by atomic mass is 16.4. The van der Waals surface area contributed by atoms with Crippen LogP contribution in [0.1, 0.15) is 10.5 Å². The molecule has 0 aliphatic carbocycles. The van der Waals surface area contributed by atoms with Gasteiger partial charge in [0.1, 0.15) is 0 Å². The van der Waals surface area contributed by atoms with Crippen LogP contribution in [0.4, 0.5) is 0 Å². The lowest BCUT2D eigenvalue weighted by atomic mass is 10.3. The molecule has 0 aliphatic heterocycles. The Balaban J connectivity index is 2.24. The van der Waals surface area contributed by atoms with Crippen molar-refractivity contribution >= 4 is 11.6 Å². The zero-order chi connectivity index (χ0) is 13.4. The maximum atomic E-state index is 11.8. The number of nitrogens with zero attached hydrogens (tertiary/aromatic N) is 3. The van der Waals surface area contributed by atoms with Gasteiger partial charge in [-0.15, -0.1) is 0 Å². The smallest absolute Gasteiger partial charge is 0.354 e.